The van der Waals surface area contributed by atoms with Gasteiger partial charge in [0.1, 0.15) is 0 Å². The molecule has 0 aromatic carbocycles. The number of anilines is 1. The van der Waals surface area contributed by atoms with Gasteiger partial charge in [-0.15, -0.1) is 11.3 Å². The minimum Gasteiger partial charge on any atom is -0.384 e. The van der Waals surface area contributed by atoms with Crippen LogP contribution in [0, 0.1) is 5.92 Å². The average molecular weight is 255 g/mol. The molecule has 1 aliphatic rings. The van der Waals surface area contributed by atoms with E-state index in [1.807, 2.05) is 13.2 Å². The largest absolute Gasteiger partial charge is 0.384 e. The molecule has 1 aliphatic heterocycles. The maximum absolute atomic E-state index is 5.26. The third kappa shape index (κ3) is 3.40. The van der Waals surface area contributed by atoms with Gasteiger partial charge in [-0.05, 0) is 25.8 Å². The molecule has 96 valence electrons. The Morgan fingerprint density at radius 2 is 2.53 bits per heavy atom. The molecule has 0 saturated carbocycles. The number of methoxy groups -OCH3 is 1. The molecule has 1 saturated heterocycles. The molecule has 2 rings (SSSR count). The second kappa shape index (κ2) is 6.33. The van der Waals surface area contributed by atoms with Crippen LogP contribution in [-0.4, -0.2) is 38.8 Å². The van der Waals surface area contributed by atoms with E-state index in [9.17, 15) is 0 Å². The highest BCUT2D eigenvalue weighted by Gasteiger charge is 2.21. The van der Waals surface area contributed by atoms with E-state index in [1.165, 1.54) is 17.7 Å². The van der Waals surface area contributed by atoms with Crippen molar-refractivity contribution >= 4 is 16.5 Å². The van der Waals surface area contributed by atoms with E-state index >= 15 is 0 Å². The number of hydrogen-bond acceptors (Lipinski definition) is 5. The first kappa shape index (κ1) is 12.8. The number of piperidine rings is 1. The molecule has 0 aliphatic carbocycles. The Hall–Kier alpha value is -0.650. The van der Waals surface area contributed by atoms with Crippen LogP contribution < -0.4 is 10.2 Å². The number of nitrogens with zero attached hydrogens (tertiary/aromatic N) is 2. The smallest absolute Gasteiger partial charge is 0.185 e. The zero-order valence-electron chi connectivity index (χ0n) is 10.6. The first-order chi connectivity index (χ1) is 8.33. The average Bonchev–Trinajstić information content (AvgIpc) is 2.79. The monoisotopic (exact) mass is 255 g/mol. The van der Waals surface area contributed by atoms with E-state index in [4.69, 9.17) is 4.74 Å². The molecule has 1 fully saturated rings. The van der Waals surface area contributed by atoms with Crippen molar-refractivity contribution < 1.29 is 4.74 Å². The molecule has 0 spiro atoms. The fourth-order valence-corrected chi connectivity index (χ4v) is 3.27. The van der Waals surface area contributed by atoms with Gasteiger partial charge in [0, 0.05) is 37.8 Å². The lowest BCUT2D eigenvalue weighted by Gasteiger charge is -2.32. The van der Waals surface area contributed by atoms with Crippen LogP contribution in [-0.2, 0) is 11.3 Å². The van der Waals surface area contributed by atoms with E-state index in [-0.39, 0.29) is 0 Å². The molecule has 1 N–H and O–H groups in total. The zero-order valence-corrected chi connectivity index (χ0v) is 11.4. The normalized spacial score (nSPS) is 20.8. The summed E-state index contributed by atoms with van der Waals surface area (Å²) < 4.78 is 5.26. The summed E-state index contributed by atoms with van der Waals surface area (Å²) in [5, 5.41) is 4.32. The minimum atomic E-state index is 0.658. The maximum Gasteiger partial charge on any atom is 0.185 e. The first-order valence-electron chi connectivity index (χ1n) is 6.16. The number of hydrogen-bond donors (Lipinski definition) is 1. The lowest BCUT2D eigenvalue weighted by Crippen LogP contribution is -2.37. The number of aromatic nitrogens is 1. The number of ether oxygens (including phenoxy) is 1. The van der Waals surface area contributed by atoms with E-state index in [0.717, 1.165) is 31.4 Å². The Morgan fingerprint density at radius 1 is 1.65 bits per heavy atom. The van der Waals surface area contributed by atoms with Gasteiger partial charge in [0.25, 0.3) is 0 Å². The van der Waals surface area contributed by atoms with Gasteiger partial charge in [-0.3, -0.25) is 0 Å². The Kier molecular flexibility index (Phi) is 4.76. The SMILES string of the molecule is CNCc1cnc(N2CCCC(COC)C2)s1. The van der Waals surface area contributed by atoms with Gasteiger partial charge < -0.3 is 15.0 Å². The molecule has 1 unspecified atom stereocenters. The van der Waals surface area contributed by atoms with Gasteiger partial charge in [-0.2, -0.15) is 0 Å². The van der Waals surface area contributed by atoms with Gasteiger partial charge in [0.15, 0.2) is 5.13 Å². The van der Waals surface area contributed by atoms with Gasteiger partial charge >= 0.3 is 0 Å². The molecule has 0 bridgehead atoms. The molecular formula is C12H21N3OS. The van der Waals surface area contributed by atoms with Crippen molar-refractivity contribution in [2.75, 3.05) is 38.8 Å². The lowest BCUT2D eigenvalue weighted by molar-refractivity contribution is 0.143. The molecule has 1 aromatic heterocycles. The molecule has 5 heteroatoms. The van der Waals surface area contributed by atoms with Crippen LogP contribution in [0.3, 0.4) is 0 Å². The summed E-state index contributed by atoms with van der Waals surface area (Å²) in [5.74, 6) is 0.658. The first-order valence-corrected chi connectivity index (χ1v) is 6.98. The van der Waals surface area contributed by atoms with E-state index in [1.54, 1.807) is 18.4 Å². The topological polar surface area (TPSA) is 37.4 Å². The summed E-state index contributed by atoms with van der Waals surface area (Å²) >= 11 is 1.80. The zero-order chi connectivity index (χ0) is 12.1. The van der Waals surface area contributed by atoms with Gasteiger partial charge in [0.05, 0.1) is 6.61 Å². The number of rotatable bonds is 5. The summed E-state index contributed by atoms with van der Waals surface area (Å²) in [7, 11) is 3.75. The van der Waals surface area contributed by atoms with Crippen molar-refractivity contribution in [2.45, 2.75) is 19.4 Å². The molecule has 0 radical (unpaired) electrons. The van der Waals surface area contributed by atoms with Crippen LogP contribution in [0.2, 0.25) is 0 Å². The van der Waals surface area contributed by atoms with E-state index in [0.29, 0.717) is 5.92 Å². The molecular weight excluding hydrogens is 234 g/mol. The Balaban J connectivity index is 1.95. The summed E-state index contributed by atoms with van der Waals surface area (Å²) in [6, 6.07) is 0. The van der Waals surface area contributed by atoms with Crippen molar-refractivity contribution in [3.63, 3.8) is 0 Å². The Labute approximate surface area is 107 Å². The summed E-state index contributed by atoms with van der Waals surface area (Å²) in [5.41, 5.74) is 0. The molecule has 17 heavy (non-hydrogen) atoms. The van der Waals surface area contributed by atoms with Crippen LogP contribution >= 0.6 is 11.3 Å². The van der Waals surface area contributed by atoms with Crippen molar-refractivity contribution in [3.05, 3.63) is 11.1 Å². The third-order valence-electron chi connectivity index (χ3n) is 3.08. The second-order valence-electron chi connectivity index (χ2n) is 4.55. The third-order valence-corrected chi connectivity index (χ3v) is 4.14. The van der Waals surface area contributed by atoms with Crippen molar-refractivity contribution in [2.24, 2.45) is 5.92 Å². The molecule has 2 heterocycles. The van der Waals surface area contributed by atoms with Crippen molar-refractivity contribution in [3.8, 4) is 0 Å². The predicted molar refractivity (Wildman–Crippen MR) is 71.7 cm³/mol. The van der Waals surface area contributed by atoms with Gasteiger partial charge in [-0.1, -0.05) is 0 Å². The fourth-order valence-electron chi connectivity index (χ4n) is 2.31. The van der Waals surface area contributed by atoms with Crippen molar-refractivity contribution in [1.82, 2.24) is 10.3 Å². The highest BCUT2D eigenvalue weighted by Crippen LogP contribution is 2.27. The summed E-state index contributed by atoms with van der Waals surface area (Å²) in [6.07, 6.45) is 4.50. The Bertz CT molecular complexity index is 340. The van der Waals surface area contributed by atoms with Crippen LogP contribution in [0.4, 0.5) is 5.13 Å². The number of nitrogens with one attached hydrogen (secondary N) is 1. The molecule has 1 atom stereocenters. The van der Waals surface area contributed by atoms with Crippen LogP contribution in [0.5, 0.6) is 0 Å². The van der Waals surface area contributed by atoms with Crippen LogP contribution in [0.15, 0.2) is 6.20 Å². The number of thiazole rings is 1. The van der Waals surface area contributed by atoms with E-state index < -0.39 is 0 Å². The van der Waals surface area contributed by atoms with Crippen molar-refractivity contribution in [1.29, 1.82) is 0 Å². The molecule has 1 aromatic rings. The summed E-state index contributed by atoms with van der Waals surface area (Å²) in [6.45, 7) is 3.99. The molecule has 4 nitrogen and oxygen atoms in total. The second-order valence-corrected chi connectivity index (χ2v) is 5.64. The highest BCUT2D eigenvalue weighted by atomic mass is 32.1. The van der Waals surface area contributed by atoms with Gasteiger partial charge in [-0.25, -0.2) is 4.98 Å². The minimum absolute atomic E-state index is 0.658. The molecule has 0 amide bonds. The standard InChI is InChI=1S/C12H21N3OS/c1-13-6-11-7-14-12(17-11)15-5-3-4-10(8-15)9-16-2/h7,10,13H,3-6,8-9H2,1-2H3. The maximum atomic E-state index is 5.26. The van der Waals surface area contributed by atoms with E-state index in [2.05, 4.69) is 15.2 Å². The quantitative estimate of drug-likeness (QED) is 0.869. The van der Waals surface area contributed by atoms with Crippen LogP contribution in [0.25, 0.3) is 0 Å². The van der Waals surface area contributed by atoms with Gasteiger partial charge in [0.2, 0.25) is 0 Å². The fraction of sp³-hybridized carbons (Fsp3) is 0.750. The Morgan fingerprint density at radius 3 is 3.29 bits per heavy atom. The lowest BCUT2D eigenvalue weighted by atomic mass is 9.99. The van der Waals surface area contributed by atoms with Crippen LogP contribution in [0.1, 0.15) is 17.7 Å². The summed E-state index contributed by atoms with van der Waals surface area (Å²) in [4.78, 5) is 8.22. The predicted octanol–water partition coefficient (Wildman–Crippen LogP) is 1.73. The highest BCUT2D eigenvalue weighted by molar-refractivity contribution is 7.15.